The summed E-state index contributed by atoms with van der Waals surface area (Å²) < 4.78 is 18.4. The van der Waals surface area contributed by atoms with Crippen molar-refractivity contribution in [1.29, 1.82) is 0 Å². The van der Waals surface area contributed by atoms with Crippen LogP contribution in [0.5, 0.6) is 0 Å². The zero-order valence-corrected chi connectivity index (χ0v) is 12.3. The molecule has 0 N–H and O–H groups in total. The molecule has 1 aromatic carbocycles. The van der Waals surface area contributed by atoms with E-state index in [9.17, 15) is 9.18 Å². The zero-order chi connectivity index (χ0) is 15.4. The van der Waals surface area contributed by atoms with Crippen LogP contribution in [0.25, 0.3) is 11.4 Å². The molecular formula is C16H17FN2O2. The van der Waals surface area contributed by atoms with E-state index in [1.165, 1.54) is 18.3 Å². The fourth-order valence-corrected chi connectivity index (χ4v) is 2.07. The Balaban J connectivity index is 2.45. The lowest BCUT2D eigenvalue weighted by molar-refractivity contribution is 0.0524. The van der Waals surface area contributed by atoms with Gasteiger partial charge in [-0.2, -0.15) is 0 Å². The largest absolute Gasteiger partial charge is 0.462 e. The second kappa shape index (κ2) is 6.43. The Kier molecular flexibility index (Phi) is 4.62. The summed E-state index contributed by atoms with van der Waals surface area (Å²) in [7, 11) is 0. The summed E-state index contributed by atoms with van der Waals surface area (Å²) in [5.74, 6) is -0.361. The predicted molar refractivity (Wildman–Crippen MR) is 77.5 cm³/mol. The molecule has 0 aliphatic heterocycles. The van der Waals surface area contributed by atoms with Crippen LogP contribution < -0.4 is 0 Å². The van der Waals surface area contributed by atoms with Crippen molar-refractivity contribution in [3.05, 3.63) is 47.0 Å². The molecule has 0 unspecified atom stereocenters. The molecule has 0 amide bonds. The van der Waals surface area contributed by atoms with Gasteiger partial charge in [0.2, 0.25) is 0 Å². The van der Waals surface area contributed by atoms with Gasteiger partial charge in [0.15, 0.2) is 5.82 Å². The lowest BCUT2D eigenvalue weighted by atomic mass is 10.1. The van der Waals surface area contributed by atoms with Gasteiger partial charge < -0.3 is 4.74 Å². The molecule has 110 valence electrons. The number of aromatic nitrogens is 2. The van der Waals surface area contributed by atoms with Gasteiger partial charge in [-0.3, -0.25) is 0 Å². The van der Waals surface area contributed by atoms with Crippen molar-refractivity contribution in [1.82, 2.24) is 9.97 Å². The number of aryl methyl sites for hydroxylation is 2. The van der Waals surface area contributed by atoms with E-state index in [4.69, 9.17) is 4.74 Å². The van der Waals surface area contributed by atoms with Crippen molar-refractivity contribution in [3.8, 4) is 11.4 Å². The molecule has 0 atom stereocenters. The average molecular weight is 288 g/mol. The van der Waals surface area contributed by atoms with Gasteiger partial charge >= 0.3 is 5.97 Å². The summed E-state index contributed by atoms with van der Waals surface area (Å²) in [6, 6.07) is 4.63. The van der Waals surface area contributed by atoms with Crippen LogP contribution in [0.3, 0.4) is 0 Å². The van der Waals surface area contributed by atoms with E-state index in [1.54, 1.807) is 13.8 Å². The SMILES string of the molecule is CCOC(=O)c1cnc(-c2cc(C)cc(F)c2)nc1CC. The van der Waals surface area contributed by atoms with Gasteiger partial charge in [0.05, 0.1) is 17.9 Å². The first kappa shape index (κ1) is 15.1. The number of esters is 1. The van der Waals surface area contributed by atoms with Crippen molar-refractivity contribution in [2.75, 3.05) is 6.61 Å². The highest BCUT2D eigenvalue weighted by Gasteiger charge is 2.15. The van der Waals surface area contributed by atoms with Crippen LogP contribution in [0, 0.1) is 12.7 Å². The number of hydrogen-bond acceptors (Lipinski definition) is 4. The lowest BCUT2D eigenvalue weighted by Crippen LogP contribution is -2.11. The topological polar surface area (TPSA) is 52.1 Å². The highest BCUT2D eigenvalue weighted by Crippen LogP contribution is 2.20. The molecule has 0 aliphatic rings. The number of benzene rings is 1. The van der Waals surface area contributed by atoms with Crippen LogP contribution in [-0.4, -0.2) is 22.5 Å². The Morgan fingerprint density at radius 2 is 2.05 bits per heavy atom. The van der Waals surface area contributed by atoms with E-state index >= 15 is 0 Å². The number of nitrogens with zero attached hydrogens (tertiary/aromatic N) is 2. The number of carbonyl (C=O) groups excluding carboxylic acids is 1. The van der Waals surface area contributed by atoms with E-state index < -0.39 is 5.97 Å². The maximum Gasteiger partial charge on any atom is 0.341 e. The third kappa shape index (κ3) is 3.42. The minimum absolute atomic E-state index is 0.298. The number of hydrogen-bond donors (Lipinski definition) is 0. The number of ether oxygens (including phenoxy) is 1. The summed E-state index contributed by atoms with van der Waals surface area (Å²) in [4.78, 5) is 20.4. The van der Waals surface area contributed by atoms with Gasteiger partial charge in [0.25, 0.3) is 0 Å². The molecule has 1 heterocycles. The monoisotopic (exact) mass is 288 g/mol. The van der Waals surface area contributed by atoms with Gasteiger partial charge in [-0.25, -0.2) is 19.2 Å². The standard InChI is InChI=1S/C16H17FN2O2/c1-4-14-13(16(20)21-5-2)9-18-15(19-14)11-6-10(3)7-12(17)8-11/h6-9H,4-5H2,1-3H3. The van der Waals surface area contributed by atoms with Crippen LogP contribution in [-0.2, 0) is 11.2 Å². The second-order valence-corrected chi connectivity index (χ2v) is 4.65. The number of carbonyl (C=O) groups is 1. The first-order chi connectivity index (χ1) is 10.0. The van der Waals surface area contributed by atoms with Crippen LogP contribution in [0.1, 0.15) is 35.5 Å². The molecule has 0 radical (unpaired) electrons. The van der Waals surface area contributed by atoms with Crippen LogP contribution in [0.2, 0.25) is 0 Å². The van der Waals surface area contributed by atoms with Crippen LogP contribution in [0.15, 0.2) is 24.4 Å². The minimum Gasteiger partial charge on any atom is -0.462 e. The smallest absolute Gasteiger partial charge is 0.341 e. The summed E-state index contributed by atoms with van der Waals surface area (Å²) in [5, 5.41) is 0. The van der Waals surface area contributed by atoms with E-state index in [-0.39, 0.29) is 5.82 Å². The molecule has 2 aromatic rings. The maximum absolute atomic E-state index is 13.5. The first-order valence-corrected chi connectivity index (χ1v) is 6.85. The quantitative estimate of drug-likeness (QED) is 0.810. The summed E-state index contributed by atoms with van der Waals surface area (Å²) in [5.41, 5.74) is 2.34. The van der Waals surface area contributed by atoms with Crippen molar-refractivity contribution < 1.29 is 13.9 Å². The molecule has 2 rings (SSSR count). The van der Waals surface area contributed by atoms with Gasteiger partial charge in [-0.05, 0) is 44.0 Å². The molecule has 21 heavy (non-hydrogen) atoms. The van der Waals surface area contributed by atoms with Gasteiger partial charge in [-0.15, -0.1) is 0 Å². The zero-order valence-electron chi connectivity index (χ0n) is 12.3. The average Bonchev–Trinajstić information content (AvgIpc) is 2.45. The van der Waals surface area contributed by atoms with E-state index in [0.29, 0.717) is 35.7 Å². The maximum atomic E-state index is 13.5. The van der Waals surface area contributed by atoms with E-state index in [1.807, 2.05) is 13.0 Å². The van der Waals surface area contributed by atoms with Crippen molar-refractivity contribution in [2.45, 2.75) is 27.2 Å². The molecule has 0 saturated carbocycles. The summed E-state index contributed by atoms with van der Waals surface area (Å²) >= 11 is 0. The molecule has 0 aliphatic carbocycles. The Morgan fingerprint density at radius 3 is 2.67 bits per heavy atom. The van der Waals surface area contributed by atoms with E-state index in [2.05, 4.69) is 9.97 Å². The van der Waals surface area contributed by atoms with Crippen LogP contribution >= 0.6 is 0 Å². The lowest BCUT2D eigenvalue weighted by Gasteiger charge is -2.08. The minimum atomic E-state index is -0.434. The van der Waals surface area contributed by atoms with Crippen molar-refractivity contribution in [2.24, 2.45) is 0 Å². The first-order valence-electron chi connectivity index (χ1n) is 6.85. The number of rotatable bonds is 4. The molecule has 4 nitrogen and oxygen atoms in total. The summed E-state index contributed by atoms with van der Waals surface area (Å²) in [6.07, 6.45) is 2.01. The summed E-state index contributed by atoms with van der Waals surface area (Å²) in [6.45, 7) is 5.74. The normalized spacial score (nSPS) is 10.5. The van der Waals surface area contributed by atoms with Crippen molar-refractivity contribution >= 4 is 5.97 Å². The molecule has 5 heteroatoms. The highest BCUT2D eigenvalue weighted by molar-refractivity contribution is 5.90. The fraction of sp³-hybridized carbons (Fsp3) is 0.312. The Bertz CT molecular complexity index is 651. The van der Waals surface area contributed by atoms with Gasteiger partial charge in [-0.1, -0.05) is 6.92 Å². The van der Waals surface area contributed by atoms with E-state index in [0.717, 1.165) is 5.56 Å². The van der Waals surface area contributed by atoms with Gasteiger partial charge in [0, 0.05) is 11.8 Å². The molecule has 0 spiro atoms. The molecule has 0 fully saturated rings. The Hall–Kier alpha value is -2.30. The Morgan fingerprint density at radius 1 is 1.29 bits per heavy atom. The Labute approximate surface area is 123 Å². The third-order valence-electron chi connectivity index (χ3n) is 3.00. The fourth-order valence-electron chi connectivity index (χ4n) is 2.07. The second-order valence-electron chi connectivity index (χ2n) is 4.65. The van der Waals surface area contributed by atoms with Crippen LogP contribution in [0.4, 0.5) is 4.39 Å². The molecule has 0 bridgehead atoms. The molecular weight excluding hydrogens is 271 g/mol. The highest BCUT2D eigenvalue weighted by atomic mass is 19.1. The van der Waals surface area contributed by atoms with Gasteiger partial charge in [0.1, 0.15) is 5.82 Å². The molecule has 1 aromatic heterocycles. The predicted octanol–water partition coefficient (Wildman–Crippen LogP) is 3.33. The molecule has 0 saturated heterocycles. The third-order valence-corrected chi connectivity index (χ3v) is 3.00. The number of halogens is 1. The van der Waals surface area contributed by atoms with Crippen molar-refractivity contribution in [3.63, 3.8) is 0 Å².